The minimum Gasteiger partial charge on any atom is -0.336 e. The second-order valence-electron chi connectivity index (χ2n) is 6.95. The molecule has 0 saturated carbocycles. The summed E-state index contributed by atoms with van der Waals surface area (Å²) in [5.41, 5.74) is 6.50. The maximum Gasteiger partial charge on any atom is 0.264 e. The van der Waals surface area contributed by atoms with E-state index in [2.05, 4.69) is 0 Å². The molecule has 1 aliphatic rings. The van der Waals surface area contributed by atoms with Crippen LogP contribution < -0.4 is 10.0 Å². The second kappa shape index (κ2) is 8.94. The van der Waals surface area contributed by atoms with Crippen molar-refractivity contribution in [2.45, 2.75) is 24.3 Å². The first-order valence-corrected chi connectivity index (χ1v) is 10.4. The zero-order valence-corrected chi connectivity index (χ0v) is 17.6. The fourth-order valence-electron chi connectivity index (χ4n) is 3.54. The third kappa shape index (κ3) is 4.16. The summed E-state index contributed by atoms with van der Waals surface area (Å²) in [7, 11) is -2.38. The summed E-state index contributed by atoms with van der Waals surface area (Å²) in [6.07, 6.45) is 0.834. The molecule has 152 valence electrons. The van der Waals surface area contributed by atoms with Crippen LogP contribution >= 0.6 is 12.4 Å². The lowest BCUT2D eigenvalue weighted by Gasteiger charge is -2.25. The van der Waals surface area contributed by atoms with E-state index in [1.54, 1.807) is 47.4 Å². The van der Waals surface area contributed by atoms with Crippen molar-refractivity contribution in [1.82, 2.24) is 4.90 Å². The Labute approximate surface area is 172 Å². The van der Waals surface area contributed by atoms with Crippen LogP contribution in [-0.4, -0.2) is 45.4 Å². The lowest BCUT2D eigenvalue weighted by Crippen LogP contribution is -2.36. The summed E-state index contributed by atoms with van der Waals surface area (Å²) in [6, 6.07) is 15.2. The minimum absolute atomic E-state index is 0. The molecule has 3 rings (SSSR count). The number of rotatable bonds is 5. The third-order valence-corrected chi connectivity index (χ3v) is 6.98. The standard InChI is InChI=1S/C20H25N3O3S.ClH/c1-15-12-16(13-21)14-23(15)20(24)18-10-6-7-11-19(18)27(25,26)22(2)17-8-4-3-5-9-17;/h3-11,15-16H,12-14,21H2,1-2H3;1H. The summed E-state index contributed by atoms with van der Waals surface area (Å²) >= 11 is 0. The zero-order valence-electron chi connectivity index (χ0n) is 16.0. The number of anilines is 1. The van der Waals surface area contributed by atoms with Gasteiger partial charge in [0.2, 0.25) is 0 Å². The molecule has 6 nitrogen and oxygen atoms in total. The van der Waals surface area contributed by atoms with Crippen LogP contribution in [0.2, 0.25) is 0 Å². The molecule has 2 aromatic carbocycles. The van der Waals surface area contributed by atoms with Gasteiger partial charge in [-0.05, 0) is 50.1 Å². The van der Waals surface area contributed by atoms with Crippen molar-refractivity contribution in [1.29, 1.82) is 0 Å². The monoisotopic (exact) mass is 423 g/mol. The number of hydrogen-bond acceptors (Lipinski definition) is 4. The van der Waals surface area contributed by atoms with Crippen molar-refractivity contribution in [2.24, 2.45) is 11.7 Å². The number of carbonyl (C=O) groups is 1. The fraction of sp³-hybridized carbons (Fsp3) is 0.350. The molecule has 8 heteroatoms. The molecular formula is C20H26ClN3O3S. The molecule has 0 aromatic heterocycles. The Morgan fingerprint density at radius 2 is 1.75 bits per heavy atom. The lowest BCUT2D eigenvalue weighted by atomic mass is 10.1. The highest BCUT2D eigenvalue weighted by Crippen LogP contribution is 2.29. The van der Waals surface area contributed by atoms with Crippen molar-refractivity contribution < 1.29 is 13.2 Å². The van der Waals surface area contributed by atoms with Gasteiger partial charge in [-0.25, -0.2) is 8.42 Å². The number of halogens is 1. The number of carbonyl (C=O) groups excluding carboxylic acids is 1. The van der Waals surface area contributed by atoms with E-state index in [1.807, 2.05) is 13.0 Å². The Balaban J connectivity index is 0.00000280. The van der Waals surface area contributed by atoms with Crippen LogP contribution in [0.1, 0.15) is 23.7 Å². The zero-order chi connectivity index (χ0) is 19.6. The van der Waals surface area contributed by atoms with Crippen LogP contribution in [0.4, 0.5) is 5.69 Å². The van der Waals surface area contributed by atoms with Crippen molar-refractivity contribution in [3.63, 3.8) is 0 Å². The van der Waals surface area contributed by atoms with E-state index >= 15 is 0 Å². The number of para-hydroxylation sites is 1. The number of hydrogen-bond donors (Lipinski definition) is 1. The van der Waals surface area contributed by atoms with E-state index in [9.17, 15) is 13.2 Å². The third-order valence-electron chi connectivity index (χ3n) is 5.13. The van der Waals surface area contributed by atoms with Gasteiger partial charge in [0.05, 0.1) is 11.3 Å². The first kappa shape index (κ1) is 22.2. The number of nitrogens with zero attached hydrogens (tertiary/aromatic N) is 2. The molecule has 1 saturated heterocycles. The number of likely N-dealkylation sites (tertiary alicyclic amines) is 1. The van der Waals surface area contributed by atoms with Gasteiger partial charge in [-0.15, -0.1) is 12.4 Å². The van der Waals surface area contributed by atoms with E-state index in [1.165, 1.54) is 17.4 Å². The van der Waals surface area contributed by atoms with E-state index in [-0.39, 0.29) is 40.7 Å². The quantitative estimate of drug-likeness (QED) is 0.801. The van der Waals surface area contributed by atoms with Gasteiger partial charge in [0.1, 0.15) is 4.90 Å². The summed E-state index contributed by atoms with van der Waals surface area (Å²) in [5, 5.41) is 0. The SMILES string of the molecule is CC1CC(CN)CN1C(=O)c1ccccc1S(=O)(=O)N(C)c1ccccc1.Cl. The van der Waals surface area contributed by atoms with Crippen molar-refractivity contribution in [3.8, 4) is 0 Å². The molecular weight excluding hydrogens is 398 g/mol. The predicted octanol–water partition coefficient (Wildman–Crippen LogP) is 2.74. The molecule has 2 atom stereocenters. The minimum atomic E-state index is -3.87. The van der Waals surface area contributed by atoms with Gasteiger partial charge >= 0.3 is 0 Å². The summed E-state index contributed by atoms with van der Waals surface area (Å²) < 4.78 is 27.6. The molecule has 1 amide bonds. The lowest BCUT2D eigenvalue weighted by molar-refractivity contribution is 0.0739. The molecule has 1 fully saturated rings. The van der Waals surface area contributed by atoms with Gasteiger partial charge in [0.15, 0.2) is 0 Å². The molecule has 0 bridgehead atoms. The summed E-state index contributed by atoms with van der Waals surface area (Å²) in [5.74, 6) is -0.0150. The molecule has 0 radical (unpaired) electrons. The van der Waals surface area contributed by atoms with E-state index < -0.39 is 10.0 Å². The van der Waals surface area contributed by atoms with Crippen molar-refractivity contribution in [3.05, 3.63) is 60.2 Å². The summed E-state index contributed by atoms with van der Waals surface area (Å²) in [4.78, 5) is 14.9. The van der Waals surface area contributed by atoms with E-state index in [4.69, 9.17) is 5.73 Å². The van der Waals surface area contributed by atoms with Gasteiger partial charge in [-0.2, -0.15) is 0 Å². The second-order valence-corrected chi connectivity index (χ2v) is 8.89. The Kier molecular flexibility index (Phi) is 7.09. The maximum atomic E-state index is 13.2. The van der Waals surface area contributed by atoms with Crippen molar-refractivity contribution >= 4 is 34.0 Å². The van der Waals surface area contributed by atoms with Gasteiger partial charge in [0, 0.05) is 19.6 Å². The molecule has 0 aliphatic carbocycles. The van der Waals surface area contributed by atoms with Gasteiger partial charge in [-0.1, -0.05) is 30.3 Å². The Bertz CT molecular complexity index is 921. The number of nitrogens with two attached hydrogens (primary N) is 1. The van der Waals surface area contributed by atoms with Crippen LogP contribution in [0.15, 0.2) is 59.5 Å². The van der Waals surface area contributed by atoms with Crippen LogP contribution in [0.25, 0.3) is 0 Å². The summed E-state index contributed by atoms with van der Waals surface area (Å²) in [6.45, 7) is 3.05. The molecule has 2 N–H and O–H groups in total. The van der Waals surface area contributed by atoms with Crippen LogP contribution in [-0.2, 0) is 10.0 Å². The molecule has 2 unspecified atom stereocenters. The molecule has 28 heavy (non-hydrogen) atoms. The Hall–Kier alpha value is -2.09. The highest BCUT2D eigenvalue weighted by molar-refractivity contribution is 7.92. The predicted molar refractivity (Wildman–Crippen MR) is 113 cm³/mol. The molecule has 1 aliphatic heterocycles. The van der Waals surface area contributed by atoms with Crippen LogP contribution in [0, 0.1) is 5.92 Å². The van der Waals surface area contributed by atoms with Gasteiger partial charge < -0.3 is 10.6 Å². The first-order valence-electron chi connectivity index (χ1n) is 9.00. The largest absolute Gasteiger partial charge is 0.336 e. The molecule has 2 aromatic rings. The van der Waals surface area contributed by atoms with Crippen LogP contribution in [0.5, 0.6) is 0 Å². The fourth-order valence-corrected chi connectivity index (χ4v) is 4.92. The molecule has 1 heterocycles. The highest BCUT2D eigenvalue weighted by atomic mass is 35.5. The van der Waals surface area contributed by atoms with Gasteiger partial charge in [-0.3, -0.25) is 9.10 Å². The number of benzene rings is 2. The Morgan fingerprint density at radius 3 is 2.36 bits per heavy atom. The maximum absolute atomic E-state index is 13.2. The van der Waals surface area contributed by atoms with E-state index in [0.29, 0.717) is 18.8 Å². The van der Waals surface area contributed by atoms with Crippen LogP contribution in [0.3, 0.4) is 0 Å². The topological polar surface area (TPSA) is 83.7 Å². The number of amides is 1. The van der Waals surface area contributed by atoms with Crippen molar-refractivity contribution in [2.75, 3.05) is 24.4 Å². The Morgan fingerprint density at radius 1 is 1.14 bits per heavy atom. The normalized spacial score (nSPS) is 19.2. The first-order chi connectivity index (χ1) is 12.9. The van der Waals surface area contributed by atoms with E-state index in [0.717, 1.165) is 6.42 Å². The average molecular weight is 424 g/mol. The van der Waals surface area contributed by atoms with Gasteiger partial charge in [0.25, 0.3) is 15.9 Å². The number of sulfonamides is 1. The average Bonchev–Trinajstić information content (AvgIpc) is 3.08. The smallest absolute Gasteiger partial charge is 0.264 e. The highest BCUT2D eigenvalue weighted by Gasteiger charge is 2.35. The molecule has 0 spiro atoms.